The minimum Gasteiger partial charge on any atom is -0.587 e. The van der Waals surface area contributed by atoms with Gasteiger partial charge in [-0.15, -0.1) is 0 Å². The average Bonchev–Trinajstić information content (AvgIpc) is 3.42. The molecule has 0 fully saturated rings. The van der Waals surface area contributed by atoms with Crippen molar-refractivity contribution in [3.63, 3.8) is 0 Å². The van der Waals surface area contributed by atoms with Gasteiger partial charge in [-0.2, -0.15) is 0 Å². The molecule has 0 spiro atoms. The van der Waals surface area contributed by atoms with Gasteiger partial charge < -0.3 is 22.0 Å². The Labute approximate surface area is 317 Å². The number of rotatable bonds is 1. The van der Waals surface area contributed by atoms with Crippen LogP contribution in [0.5, 0.6) is 0 Å². The molecule has 2 radical (unpaired) electrons. The van der Waals surface area contributed by atoms with Crippen LogP contribution < -0.4 is 27.2 Å². The molecule has 8 heteroatoms. The summed E-state index contributed by atoms with van der Waals surface area (Å²) in [6, 6.07) is 32.6. The van der Waals surface area contributed by atoms with Crippen molar-refractivity contribution in [1.82, 2.24) is 9.55 Å². The smallest absolute Gasteiger partial charge is 0.261 e. The molecular formula is C39H24N2O4Y2-2. The Balaban J connectivity index is 0.00000129. The molecule has 0 amide bonds. The molecule has 9 aromatic rings. The number of fused-ring (bicyclic) bond motifs is 8. The van der Waals surface area contributed by atoms with Gasteiger partial charge in [-0.1, -0.05) is 24.3 Å². The van der Waals surface area contributed by atoms with Crippen LogP contribution in [0.25, 0.3) is 86.2 Å². The first-order chi connectivity index (χ1) is 21.3. The summed E-state index contributed by atoms with van der Waals surface area (Å²) in [7, 11) is 0. The summed E-state index contributed by atoms with van der Waals surface area (Å²) in [5.74, 6) is 0. The minimum absolute atomic E-state index is 0. The van der Waals surface area contributed by atoms with E-state index in [1.165, 1.54) is 4.57 Å². The van der Waals surface area contributed by atoms with Crippen molar-refractivity contribution < 1.29 is 65.4 Å². The van der Waals surface area contributed by atoms with Gasteiger partial charge >= 0.3 is 0 Å². The van der Waals surface area contributed by atoms with E-state index in [2.05, 4.69) is 77.8 Å². The molecule has 2 heterocycles. The number of aromatic nitrogens is 2. The van der Waals surface area contributed by atoms with E-state index in [0.29, 0.717) is 28.1 Å². The van der Waals surface area contributed by atoms with Gasteiger partial charge in [-0.3, -0.25) is 14.2 Å². The molecule has 222 valence electrons. The first-order valence-corrected chi connectivity index (χ1v) is 14.5. The van der Waals surface area contributed by atoms with Crippen molar-refractivity contribution in [2.24, 2.45) is 0 Å². The zero-order valence-electron chi connectivity index (χ0n) is 25.6. The normalized spacial score (nSPS) is 11.4. The molecule has 0 N–H and O–H groups in total. The standard InChI is InChI=1S/C38H22N2O4.CH3.2Y/c1-2-40-37(43)33-17-29-13-25-9-21-5-3-19-7-23-11-27-15-31-32(36(42)39-35(31)41)16-28(27)12-24(23)8-20(19)4-6-22(21)10-26(25)14-30(29)18-34(33)38(40)44;;;/h3-18H,2H2,1H3,(H,39,41,42);1H3;;/q;-1;;/p-1. The van der Waals surface area contributed by atoms with Gasteiger partial charge in [0.15, 0.2) is 0 Å². The Morgan fingerprint density at radius 3 is 0.979 bits per heavy atom. The average molecular weight is 762 g/mol. The quantitative estimate of drug-likeness (QED) is 0.133. The third-order valence-corrected chi connectivity index (χ3v) is 9.08. The molecule has 0 aliphatic heterocycles. The Kier molecular flexibility index (Phi) is 8.55. The van der Waals surface area contributed by atoms with E-state index in [4.69, 9.17) is 0 Å². The Bertz CT molecular complexity index is 2830. The molecular weight excluding hydrogens is 738 g/mol. The number of nitrogens with zero attached hydrogens (tertiary/aromatic N) is 2. The molecule has 0 aliphatic carbocycles. The second-order valence-electron chi connectivity index (χ2n) is 11.6. The predicted molar refractivity (Wildman–Crippen MR) is 186 cm³/mol. The molecule has 9 rings (SSSR count). The predicted octanol–water partition coefficient (Wildman–Crippen LogP) is 7.01. The van der Waals surface area contributed by atoms with Crippen molar-refractivity contribution in [2.75, 3.05) is 0 Å². The maximum Gasteiger partial charge on any atom is 0.261 e. The molecule has 0 saturated heterocycles. The van der Waals surface area contributed by atoms with Gasteiger partial charge in [0.05, 0.1) is 21.9 Å². The summed E-state index contributed by atoms with van der Waals surface area (Å²) in [5, 5.41) is 13.8. The summed E-state index contributed by atoms with van der Waals surface area (Å²) in [5.41, 5.74) is -1.42. The fourth-order valence-electron chi connectivity index (χ4n) is 6.80. The topological polar surface area (TPSA) is 87.3 Å². The third-order valence-electron chi connectivity index (χ3n) is 9.08. The summed E-state index contributed by atoms with van der Waals surface area (Å²) >= 11 is 0. The van der Waals surface area contributed by atoms with Crippen molar-refractivity contribution in [3.05, 3.63) is 146 Å². The summed E-state index contributed by atoms with van der Waals surface area (Å²) in [6.07, 6.45) is 0. The van der Waals surface area contributed by atoms with Crippen LogP contribution in [0.2, 0.25) is 0 Å². The van der Waals surface area contributed by atoms with Crippen LogP contribution in [-0.4, -0.2) is 4.57 Å². The van der Waals surface area contributed by atoms with E-state index in [1.54, 1.807) is 12.1 Å². The van der Waals surface area contributed by atoms with Crippen LogP contribution in [0.1, 0.15) is 6.92 Å². The van der Waals surface area contributed by atoms with E-state index in [0.717, 1.165) is 64.6 Å². The number of hydrogen-bond acceptors (Lipinski definition) is 4. The van der Waals surface area contributed by atoms with E-state index in [9.17, 15) is 19.2 Å². The van der Waals surface area contributed by atoms with Crippen LogP contribution >= 0.6 is 0 Å². The molecule has 7 aromatic carbocycles. The number of hydrogen-bond donors (Lipinski definition) is 0. The minimum atomic E-state index is -0.479. The molecule has 0 aliphatic rings. The van der Waals surface area contributed by atoms with E-state index < -0.39 is 11.1 Å². The van der Waals surface area contributed by atoms with Crippen LogP contribution in [-0.2, 0) is 72.0 Å². The van der Waals surface area contributed by atoms with Gasteiger partial charge in [0, 0.05) is 82.7 Å². The molecule has 2 aromatic heterocycles. The second kappa shape index (κ2) is 12.1. The summed E-state index contributed by atoms with van der Waals surface area (Å²) < 4.78 is 1.29. The van der Waals surface area contributed by atoms with Gasteiger partial charge in [0.2, 0.25) is 0 Å². The summed E-state index contributed by atoms with van der Waals surface area (Å²) in [4.78, 5) is 53.5. The zero-order valence-corrected chi connectivity index (χ0v) is 31.3. The molecule has 47 heavy (non-hydrogen) atoms. The van der Waals surface area contributed by atoms with Crippen LogP contribution in [0.3, 0.4) is 0 Å². The summed E-state index contributed by atoms with van der Waals surface area (Å²) in [6.45, 7) is 2.16. The Morgan fingerprint density at radius 2 is 0.681 bits per heavy atom. The van der Waals surface area contributed by atoms with Crippen molar-refractivity contribution in [3.8, 4) is 0 Å². The fourth-order valence-corrected chi connectivity index (χ4v) is 6.80. The second-order valence-corrected chi connectivity index (χ2v) is 11.6. The first kappa shape index (κ1) is 33.2. The van der Waals surface area contributed by atoms with Gasteiger partial charge in [0.25, 0.3) is 11.1 Å². The molecule has 0 saturated carbocycles. The maximum absolute atomic E-state index is 12.8. The van der Waals surface area contributed by atoms with E-state index in [-0.39, 0.29) is 84.0 Å². The van der Waals surface area contributed by atoms with E-state index in [1.807, 2.05) is 19.1 Å². The SMILES string of the molecule is CCn1c(=O)c2cc3cc4cc5ccc6cc7cc8cc9c(=O)[n-]c(=O)c9cc8cc7cc6ccc5cc4cc3cc2c1=O.[CH3-].[Y].[Y]. The van der Waals surface area contributed by atoms with Gasteiger partial charge in [-0.05, 0) is 144 Å². The van der Waals surface area contributed by atoms with Crippen LogP contribution in [0.15, 0.2) is 116 Å². The maximum atomic E-state index is 12.8. The van der Waals surface area contributed by atoms with Gasteiger partial charge in [-0.25, -0.2) is 0 Å². The first-order valence-electron chi connectivity index (χ1n) is 14.5. The largest absolute Gasteiger partial charge is 0.587 e. The molecule has 0 bridgehead atoms. The Morgan fingerprint density at radius 1 is 0.426 bits per heavy atom. The zero-order chi connectivity index (χ0) is 29.9. The van der Waals surface area contributed by atoms with E-state index >= 15 is 0 Å². The van der Waals surface area contributed by atoms with Gasteiger partial charge in [0.1, 0.15) is 0 Å². The molecule has 6 nitrogen and oxygen atoms in total. The molecule has 0 unspecified atom stereocenters. The Hall–Kier alpha value is -3.67. The van der Waals surface area contributed by atoms with Crippen molar-refractivity contribution in [1.29, 1.82) is 0 Å². The van der Waals surface area contributed by atoms with Crippen LogP contribution in [0, 0.1) is 7.43 Å². The fraction of sp³-hybridized carbons (Fsp3) is 0.0513. The van der Waals surface area contributed by atoms with Crippen molar-refractivity contribution >= 4 is 86.2 Å². The third kappa shape index (κ3) is 5.09. The number of benzene rings is 6. The monoisotopic (exact) mass is 762 g/mol. The molecule has 0 atom stereocenters. The van der Waals surface area contributed by atoms with Crippen LogP contribution in [0.4, 0.5) is 0 Å². The van der Waals surface area contributed by atoms with Crippen molar-refractivity contribution in [2.45, 2.75) is 13.5 Å².